The summed E-state index contributed by atoms with van der Waals surface area (Å²) in [5, 5.41) is 2.85. The first kappa shape index (κ1) is 24.6. The van der Waals surface area contributed by atoms with Crippen LogP contribution < -0.4 is 10.0 Å². The quantitative estimate of drug-likeness (QED) is 0.265. The molecule has 0 aliphatic carbocycles. The van der Waals surface area contributed by atoms with E-state index in [0.29, 0.717) is 16.9 Å². The highest BCUT2D eigenvalue weighted by molar-refractivity contribution is 7.98. The van der Waals surface area contributed by atoms with Crippen LogP contribution in [-0.4, -0.2) is 14.3 Å². The van der Waals surface area contributed by atoms with Gasteiger partial charge in [0.15, 0.2) is 0 Å². The molecule has 0 aliphatic heterocycles. The zero-order valence-electron chi connectivity index (χ0n) is 19.5. The standard InChI is InChI=1S/C28H26N2O3S2/c1-20-7-6-8-25(17-20)30-35(32,33)27-18-23(14-11-21(27)2)28(31)29-24-15-12-22(13-16-24)19-34-26-9-4-3-5-10-26/h3-18,30H,19H2,1-2H3,(H,29,31). The number of hydrogen-bond donors (Lipinski definition) is 2. The van der Waals surface area contributed by atoms with Crippen molar-refractivity contribution in [1.82, 2.24) is 0 Å². The molecule has 1 amide bonds. The fourth-order valence-electron chi connectivity index (χ4n) is 3.52. The molecule has 0 aromatic heterocycles. The molecular formula is C28H26N2O3S2. The molecule has 0 saturated heterocycles. The number of aryl methyl sites for hydroxylation is 2. The van der Waals surface area contributed by atoms with E-state index in [0.717, 1.165) is 16.9 Å². The number of nitrogens with one attached hydrogen (secondary N) is 2. The Balaban J connectivity index is 1.44. The van der Waals surface area contributed by atoms with Crippen molar-refractivity contribution >= 4 is 39.1 Å². The average molecular weight is 503 g/mol. The number of anilines is 2. The highest BCUT2D eigenvalue weighted by Crippen LogP contribution is 2.24. The molecule has 5 nitrogen and oxygen atoms in total. The molecule has 4 aromatic carbocycles. The lowest BCUT2D eigenvalue weighted by Crippen LogP contribution is -2.17. The first-order valence-electron chi connectivity index (χ1n) is 11.1. The number of benzene rings is 4. The Bertz CT molecular complexity index is 1440. The minimum absolute atomic E-state index is 0.0694. The van der Waals surface area contributed by atoms with E-state index in [1.54, 1.807) is 49.0 Å². The molecule has 0 heterocycles. The number of hydrogen-bond acceptors (Lipinski definition) is 4. The van der Waals surface area contributed by atoms with Crippen LogP contribution >= 0.6 is 11.8 Å². The second kappa shape index (κ2) is 10.8. The van der Waals surface area contributed by atoms with E-state index in [-0.39, 0.29) is 16.4 Å². The third-order valence-corrected chi connectivity index (χ3v) is 7.98. The summed E-state index contributed by atoms with van der Waals surface area (Å²) < 4.78 is 28.6. The van der Waals surface area contributed by atoms with Crippen molar-refractivity contribution in [1.29, 1.82) is 0 Å². The third kappa shape index (κ3) is 6.53. The maximum Gasteiger partial charge on any atom is 0.262 e. The second-order valence-corrected chi connectivity index (χ2v) is 10.9. The second-order valence-electron chi connectivity index (χ2n) is 8.21. The van der Waals surface area contributed by atoms with Crippen LogP contribution in [-0.2, 0) is 15.8 Å². The molecule has 4 aromatic rings. The normalized spacial score (nSPS) is 11.1. The van der Waals surface area contributed by atoms with Crippen LogP contribution in [0, 0.1) is 13.8 Å². The summed E-state index contributed by atoms with van der Waals surface area (Å²) >= 11 is 1.75. The average Bonchev–Trinajstić information content (AvgIpc) is 2.84. The van der Waals surface area contributed by atoms with E-state index < -0.39 is 10.0 Å². The topological polar surface area (TPSA) is 75.3 Å². The number of sulfonamides is 1. The predicted octanol–water partition coefficient (Wildman–Crippen LogP) is 6.65. The summed E-state index contributed by atoms with van der Waals surface area (Å²) in [7, 11) is -3.86. The van der Waals surface area contributed by atoms with Gasteiger partial charge in [0.25, 0.3) is 15.9 Å². The molecule has 0 saturated carbocycles. The lowest BCUT2D eigenvalue weighted by Gasteiger charge is -2.13. The van der Waals surface area contributed by atoms with Gasteiger partial charge in [0.05, 0.1) is 4.90 Å². The van der Waals surface area contributed by atoms with Crippen LogP contribution in [0.3, 0.4) is 0 Å². The van der Waals surface area contributed by atoms with Gasteiger partial charge in [-0.05, 0) is 79.1 Å². The molecule has 7 heteroatoms. The minimum Gasteiger partial charge on any atom is -0.322 e. The number of carbonyl (C=O) groups is 1. The smallest absolute Gasteiger partial charge is 0.262 e. The van der Waals surface area contributed by atoms with E-state index in [4.69, 9.17) is 0 Å². The van der Waals surface area contributed by atoms with E-state index >= 15 is 0 Å². The predicted molar refractivity (Wildman–Crippen MR) is 144 cm³/mol. The van der Waals surface area contributed by atoms with Crippen molar-refractivity contribution in [2.24, 2.45) is 0 Å². The molecule has 178 valence electrons. The summed E-state index contributed by atoms with van der Waals surface area (Å²) in [5.74, 6) is 0.453. The summed E-state index contributed by atoms with van der Waals surface area (Å²) in [6.07, 6.45) is 0. The molecule has 35 heavy (non-hydrogen) atoms. The van der Waals surface area contributed by atoms with E-state index in [1.165, 1.54) is 11.0 Å². The third-order valence-electron chi connectivity index (χ3n) is 5.37. The molecule has 2 N–H and O–H groups in total. The van der Waals surface area contributed by atoms with Gasteiger partial charge in [-0.3, -0.25) is 9.52 Å². The van der Waals surface area contributed by atoms with E-state index in [9.17, 15) is 13.2 Å². The molecule has 0 spiro atoms. The summed E-state index contributed by atoms with van der Waals surface area (Å²) in [6.45, 7) is 3.60. The van der Waals surface area contributed by atoms with Crippen molar-refractivity contribution in [2.45, 2.75) is 29.4 Å². The maximum absolute atomic E-state index is 13.0. The maximum atomic E-state index is 13.0. The Hall–Kier alpha value is -3.55. The molecule has 4 rings (SSSR count). The highest BCUT2D eigenvalue weighted by atomic mass is 32.2. The largest absolute Gasteiger partial charge is 0.322 e. The lowest BCUT2D eigenvalue weighted by molar-refractivity contribution is 0.102. The van der Waals surface area contributed by atoms with Crippen molar-refractivity contribution in [3.05, 3.63) is 119 Å². The van der Waals surface area contributed by atoms with Crippen molar-refractivity contribution in [3.63, 3.8) is 0 Å². The number of rotatable bonds is 8. The zero-order chi connectivity index (χ0) is 24.8. The van der Waals surface area contributed by atoms with Gasteiger partial charge < -0.3 is 5.32 Å². The van der Waals surface area contributed by atoms with E-state index in [2.05, 4.69) is 22.2 Å². The van der Waals surface area contributed by atoms with Gasteiger partial charge in [-0.1, -0.05) is 48.5 Å². The summed E-state index contributed by atoms with van der Waals surface area (Å²) in [4.78, 5) is 14.1. The molecule has 0 radical (unpaired) electrons. The van der Waals surface area contributed by atoms with Gasteiger partial charge >= 0.3 is 0 Å². The fourth-order valence-corrected chi connectivity index (χ4v) is 5.72. The van der Waals surface area contributed by atoms with Crippen molar-refractivity contribution in [2.75, 3.05) is 10.0 Å². The van der Waals surface area contributed by atoms with E-state index in [1.807, 2.05) is 55.5 Å². The number of amides is 1. The van der Waals surface area contributed by atoms with Gasteiger partial charge in [-0.25, -0.2) is 8.42 Å². The van der Waals surface area contributed by atoms with Crippen LogP contribution in [0.4, 0.5) is 11.4 Å². The molecular weight excluding hydrogens is 476 g/mol. The first-order chi connectivity index (χ1) is 16.8. The molecule has 0 bridgehead atoms. The monoisotopic (exact) mass is 502 g/mol. The molecule has 0 fully saturated rings. The van der Waals surface area contributed by atoms with Crippen LogP contribution in [0.5, 0.6) is 0 Å². The van der Waals surface area contributed by atoms with Crippen LogP contribution in [0.1, 0.15) is 27.0 Å². The zero-order valence-corrected chi connectivity index (χ0v) is 21.1. The fraction of sp³-hybridized carbons (Fsp3) is 0.107. The van der Waals surface area contributed by atoms with Crippen molar-refractivity contribution < 1.29 is 13.2 Å². The lowest BCUT2D eigenvalue weighted by atomic mass is 10.1. The first-order valence-corrected chi connectivity index (χ1v) is 13.6. The SMILES string of the molecule is Cc1cccc(NS(=O)(=O)c2cc(C(=O)Nc3ccc(CSc4ccccc4)cc3)ccc2C)c1. The van der Waals surface area contributed by atoms with Gasteiger partial charge in [0, 0.05) is 27.6 Å². The van der Waals surface area contributed by atoms with Gasteiger partial charge in [-0.15, -0.1) is 11.8 Å². The minimum atomic E-state index is -3.86. The molecule has 0 aliphatic rings. The van der Waals surface area contributed by atoms with Crippen LogP contribution in [0.25, 0.3) is 0 Å². The Labute approximate surface area is 210 Å². The summed E-state index contributed by atoms with van der Waals surface area (Å²) in [6, 6.07) is 29.6. The highest BCUT2D eigenvalue weighted by Gasteiger charge is 2.19. The van der Waals surface area contributed by atoms with Crippen molar-refractivity contribution in [3.8, 4) is 0 Å². The van der Waals surface area contributed by atoms with Crippen LogP contribution in [0.15, 0.2) is 107 Å². The summed E-state index contributed by atoms with van der Waals surface area (Å²) in [5.41, 5.74) is 4.03. The molecule has 0 unspecified atom stereocenters. The Morgan fingerprint density at radius 3 is 2.26 bits per heavy atom. The van der Waals surface area contributed by atoms with Gasteiger partial charge in [0.1, 0.15) is 0 Å². The van der Waals surface area contributed by atoms with Crippen LogP contribution in [0.2, 0.25) is 0 Å². The van der Waals surface area contributed by atoms with Gasteiger partial charge in [0.2, 0.25) is 0 Å². The van der Waals surface area contributed by atoms with Gasteiger partial charge in [-0.2, -0.15) is 0 Å². The Morgan fingerprint density at radius 1 is 0.800 bits per heavy atom. The number of thioether (sulfide) groups is 1. The number of carbonyl (C=O) groups excluding carboxylic acids is 1. The Morgan fingerprint density at radius 2 is 1.54 bits per heavy atom. The molecule has 0 atom stereocenters. The Kier molecular flexibility index (Phi) is 7.58.